The SMILES string of the molecule is C[C@@H]1CCCCO[C@@H](CN(C)C(=O)c2ccccc2)[C@H](C)CN([C@@H](C)CO)C(=O)c2cc(NS(C)(=O)=O)ccc2O1. The first-order chi connectivity index (χ1) is 19.4. The predicted octanol–water partition coefficient (Wildman–Crippen LogP) is 3.63. The van der Waals surface area contributed by atoms with Gasteiger partial charge in [-0.3, -0.25) is 14.3 Å². The molecule has 11 heteroatoms. The number of aliphatic hydroxyl groups is 1. The van der Waals surface area contributed by atoms with Gasteiger partial charge in [-0.25, -0.2) is 8.42 Å². The van der Waals surface area contributed by atoms with Crippen LogP contribution in [-0.2, 0) is 14.8 Å². The van der Waals surface area contributed by atoms with Crippen LogP contribution in [0.3, 0.4) is 0 Å². The van der Waals surface area contributed by atoms with Crippen molar-refractivity contribution in [3.63, 3.8) is 0 Å². The van der Waals surface area contributed by atoms with E-state index in [1.54, 1.807) is 48.0 Å². The molecule has 0 saturated carbocycles. The average molecular weight is 590 g/mol. The number of rotatable bonds is 7. The van der Waals surface area contributed by atoms with Gasteiger partial charge in [-0.2, -0.15) is 0 Å². The Kier molecular flexibility index (Phi) is 11.6. The maximum absolute atomic E-state index is 14.1. The number of fused-ring (bicyclic) bond motifs is 1. The molecule has 3 rings (SSSR count). The molecule has 2 N–H and O–H groups in total. The fourth-order valence-electron chi connectivity index (χ4n) is 4.82. The number of aliphatic hydroxyl groups excluding tert-OH is 1. The zero-order chi connectivity index (χ0) is 30.2. The molecule has 10 nitrogen and oxygen atoms in total. The number of likely N-dealkylation sites (N-methyl/N-ethyl adjacent to an activating group) is 1. The van der Waals surface area contributed by atoms with Gasteiger partial charge in [0.05, 0.1) is 36.7 Å². The highest BCUT2D eigenvalue weighted by Gasteiger charge is 2.31. The first kappa shape index (κ1) is 32.4. The summed E-state index contributed by atoms with van der Waals surface area (Å²) in [6.07, 6.45) is 2.83. The molecule has 0 fully saturated rings. The number of hydrogen-bond acceptors (Lipinski definition) is 7. The van der Waals surface area contributed by atoms with Crippen molar-refractivity contribution in [3.05, 3.63) is 59.7 Å². The highest BCUT2D eigenvalue weighted by Crippen LogP contribution is 2.29. The molecule has 0 bridgehead atoms. The molecule has 226 valence electrons. The number of benzene rings is 2. The summed E-state index contributed by atoms with van der Waals surface area (Å²) < 4.78 is 38.7. The van der Waals surface area contributed by atoms with E-state index in [1.807, 2.05) is 32.0 Å². The Balaban J connectivity index is 1.95. The van der Waals surface area contributed by atoms with Crippen molar-refractivity contribution >= 4 is 27.5 Å². The van der Waals surface area contributed by atoms with Gasteiger partial charge < -0.3 is 24.4 Å². The molecule has 0 saturated heterocycles. The standard InChI is InChI=1S/C30H43N3O7S/c1-21-18-33(22(2)20-34)30(36)26-17-25(31-41(5,37)38)14-15-27(26)40-23(3)11-9-10-16-39-28(21)19-32(4)29(35)24-12-7-6-8-13-24/h6-8,12-15,17,21-23,28,31,34H,9-11,16,18-20H2,1-5H3/t21-,22+,23-,28+/m1/s1. The molecule has 0 spiro atoms. The van der Waals surface area contributed by atoms with Gasteiger partial charge in [0, 0.05) is 43.9 Å². The minimum Gasteiger partial charge on any atom is -0.490 e. The number of sulfonamides is 1. The van der Waals surface area contributed by atoms with E-state index in [4.69, 9.17) is 9.47 Å². The number of anilines is 1. The first-order valence-corrected chi connectivity index (χ1v) is 15.9. The first-order valence-electron chi connectivity index (χ1n) is 14.0. The molecule has 0 radical (unpaired) electrons. The largest absolute Gasteiger partial charge is 0.490 e. The van der Waals surface area contributed by atoms with Gasteiger partial charge in [-0.05, 0) is 63.4 Å². The van der Waals surface area contributed by atoms with E-state index in [1.165, 1.54) is 6.07 Å². The monoisotopic (exact) mass is 589 g/mol. The summed E-state index contributed by atoms with van der Waals surface area (Å²) in [5.41, 5.74) is 1.02. The van der Waals surface area contributed by atoms with Crippen LogP contribution in [0.25, 0.3) is 0 Å². The van der Waals surface area contributed by atoms with Crippen LogP contribution in [0.1, 0.15) is 60.7 Å². The van der Waals surface area contributed by atoms with Gasteiger partial charge in [0.25, 0.3) is 11.8 Å². The Morgan fingerprint density at radius 1 is 1.17 bits per heavy atom. The third-order valence-corrected chi connectivity index (χ3v) is 7.78. The van der Waals surface area contributed by atoms with Crippen molar-refractivity contribution in [2.45, 2.75) is 58.3 Å². The lowest BCUT2D eigenvalue weighted by atomic mass is 10.0. The third kappa shape index (κ3) is 9.44. The minimum absolute atomic E-state index is 0.122. The van der Waals surface area contributed by atoms with Crippen molar-refractivity contribution in [2.24, 2.45) is 5.92 Å². The molecule has 0 aliphatic carbocycles. The minimum atomic E-state index is -3.57. The van der Waals surface area contributed by atoms with Gasteiger partial charge >= 0.3 is 0 Å². The lowest BCUT2D eigenvalue weighted by molar-refractivity contribution is -0.0149. The summed E-state index contributed by atoms with van der Waals surface area (Å²) in [4.78, 5) is 30.3. The van der Waals surface area contributed by atoms with Gasteiger partial charge in [0.15, 0.2) is 0 Å². The summed E-state index contributed by atoms with van der Waals surface area (Å²) >= 11 is 0. The summed E-state index contributed by atoms with van der Waals surface area (Å²) in [7, 11) is -1.84. The van der Waals surface area contributed by atoms with Gasteiger partial charge in [-0.15, -0.1) is 0 Å². The molecule has 2 aromatic rings. The Morgan fingerprint density at radius 2 is 1.88 bits per heavy atom. The van der Waals surface area contributed by atoms with Crippen LogP contribution < -0.4 is 9.46 Å². The molecule has 0 unspecified atom stereocenters. The smallest absolute Gasteiger partial charge is 0.258 e. The summed E-state index contributed by atoms with van der Waals surface area (Å²) in [5, 5.41) is 10.1. The molecule has 0 aromatic heterocycles. The van der Waals surface area contributed by atoms with Crippen LogP contribution in [0.15, 0.2) is 48.5 Å². The van der Waals surface area contributed by atoms with E-state index >= 15 is 0 Å². The molecule has 4 atom stereocenters. The second-order valence-electron chi connectivity index (χ2n) is 10.9. The van der Waals surface area contributed by atoms with E-state index in [9.17, 15) is 23.1 Å². The Hall–Kier alpha value is -3.15. The highest BCUT2D eigenvalue weighted by molar-refractivity contribution is 7.92. The number of nitrogens with one attached hydrogen (secondary N) is 1. The van der Waals surface area contributed by atoms with Crippen molar-refractivity contribution in [1.82, 2.24) is 9.80 Å². The average Bonchev–Trinajstić information content (AvgIpc) is 2.93. The number of nitrogens with zero attached hydrogens (tertiary/aromatic N) is 2. The van der Waals surface area contributed by atoms with Crippen LogP contribution in [-0.4, -0.2) is 93.0 Å². The molecule has 2 amide bonds. The molecule has 1 heterocycles. The third-order valence-electron chi connectivity index (χ3n) is 7.18. The van der Waals surface area contributed by atoms with Crippen LogP contribution in [0.5, 0.6) is 5.75 Å². The quantitative estimate of drug-likeness (QED) is 0.505. The van der Waals surface area contributed by atoms with Gasteiger partial charge in [0.1, 0.15) is 5.75 Å². The maximum Gasteiger partial charge on any atom is 0.258 e. The molecule has 2 aromatic carbocycles. The summed E-state index contributed by atoms with van der Waals surface area (Å²) in [5.74, 6) is -0.379. The molecular weight excluding hydrogens is 546 g/mol. The number of hydrogen-bond donors (Lipinski definition) is 2. The number of carbonyl (C=O) groups is 2. The summed E-state index contributed by atoms with van der Waals surface area (Å²) in [6, 6.07) is 13.1. The van der Waals surface area contributed by atoms with Crippen molar-refractivity contribution < 1.29 is 32.6 Å². The predicted molar refractivity (Wildman–Crippen MR) is 159 cm³/mol. The van der Waals surface area contributed by atoms with E-state index < -0.39 is 22.0 Å². The fourth-order valence-corrected chi connectivity index (χ4v) is 5.37. The Morgan fingerprint density at radius 3 is 2.54 bits per heavy atom. The lowest BCUT2D eigenvalue weighted by Crippen LogP contribution is -2.48. The lowest BCUT2D eigenvalue weighted by Gasteiger charge is -2.36. The number of ether oxygens (including phenoxy) is 2. The van der Waals surface area contributed by atoms with Gasteiger partial charge in [-0.1, -0.05) is 25.1 Å². The van der Waals surface area contributed by atoms with Crippen LogP contribution in [0.4, 0.5) is 5.69 Å². The van der Waals surface area contributed by atoms with E-state index in [-0.39, 0.29) is 48.4 Å². The van der Waals surface area contributed by atoms with E-state index in [0.29, 0.717) is 24.5 Å². The van der Waals surface area contributed by atoms with E-state index in [2.05, 4.69) is 4.72 Å². The Bertz CT molecular complexity index is 1270. The second kappa shape index (κ2) is 14.7. The molecule has 1 aliphatic heterocycles. The zero-order valence-electron chi connectivity index (χ0n) is 24.6. The maximum atomic E-state index is 14.1. The van der Waals surface area contributed by atoms with Crippen LogP contribution in [0, 0.1) is 5.92 Å². The number of carbonyl (C=O) groups excluding carboxylic acids is 2. The molecular formula is C30H43N3O7S. The Labute approximate surface area is 243 Å². The number of amides is 2. The van der Waals surface area contributed by atoms with Crippen molar-refractivity contribution in [3.8, 4) is 5.75 Å². The fraction of sp³-hybridized carbons (Fsp3) is 0.533. The van der Waals surface area contributed by atoms with Crippen LogP contribution >= 0.6 is 0 Å². The summed E-state index contributed by atoms with van der Waals surface area (Å²) in [6.45, 7) is 6.41. The molecule has 41 heavy (non-hydrogen) atoms. The van der Waals surface area contributed by atoms with Gasteiger partial charge in [0.2, 0.25) is 10.0 Å². The highest BCUT2D eigenvalue weighted by atomic mass is 32.2. The van der Waals surface area contributed by atoms with Crippen molar-refractivity contribution in [2.75, 3.05) is 44.3 Å². The normalized spacial score (nSPS) is 21.7. The second-order valence-corrected chi connectivity index (χ2v) is 12.7. The zero-order valence-corrected chi connectivity index (χ0v) is 25.4. The topological polar surface area (TPSA) is 125 Å². The van der Waals surface area contributed by atoms with Crippen LogP contribution in [0.2, 0.25) is 0 Å². The molecule has 1 aliphatic rings. The van der Waals surface area contributed by atoms with Crippen molar-refractivity contribution in [1.29, 1.82) is 0 Å². The van der Waals surface area contributed by atoms with E-state index in [0.717, 1.165) is 25.5 Å².